The van der Waals surface area contributed by atoms with Crippen molar-refractivity contribution in [1.29, 1.82) is 0 Å². The molecule has 0 saturated heterocycles. The maximum absolute atomic E-state index is 12.8. The standard InChI is InChI=1S/C10H10ClFN4O/c11-8-6-7(2-3-9(8)12)10(17)14-4-1-5-15-16-13/h2-3,6H,1,4-5H2,(H,14,17). The van der Waals surface area contributed by atoms with Gasteiger partial charge < -0.3 is 5.32 Å². The lowest BCUT2D eigenvalue weighted by atomic mass is 10.2. The smallest absolute Gasteiger partial charge is 0.251 e. The molecule has 1 N–H and O–H groups in total. The summed E-state index contributed by atoms with van der Waals surface area (Å²) in [5.74, 6) is -0.903. The highest BCUT2D eigenvalue weighted by molar-refractivity contribution is 6.31. The molecule has 0 heterocycles. The van der Waals surface area contributed by atoms with Gasteiger partial charge in [0.15, 0.2) is 0 Å². The van der Waals surface area contributed by atoms with E-state index in [1.165, 1.54) is 12.1 Å². The number of carbonyl (C=O) groups is 1. The molecule has 0 aliphatic carbocycles. The summed E-state index contributed by atoms with van der Waals surface area (Å²) < 4.78 is 12.8. The maximum atomic E-state index is 12.8. The summed E-state index contributed by atoms with van der Waals surface area (Å²) in [5, 5.41) is 5.84. The average molecular weight is 257 g/mol. The molecule has 1 rings (SSSR count). The molecule has 0 unspecified atom stereocenters. The molecule has 0 fully saturated rings. The molecule has 0 atom stereocenters. The predicted octanol–water partition coefficient (Wildman–Crippen LogP) is 2.91. The van der Waals surface area contributed by atoms with Gasteiger partial charge in [-0.3, -0.25) is 4.79 Å². The second kappa shape index (κ2) is 6.73. The zero-order chi connectivity index (χ0) is 12.7. The van der Waals surface area contributed by atoms with E-state index in [2.05, 4.69) is 15.3 Å². The van der Waals surface area contributed by atoms with Gasteiger partial charge in [-0.2, -0.15) is 0 Å². The van der Waals surface area contributed by atoms with E-state index < -0.39 is 5.82 Å². The fraction of sp³-hybridized carbons (Fsp3) is 0.300. The Morgan fingerprint density at radius 2 is 2.35 bits per heavy atom. The minimum absolute atomic E-state index is 0.0910. The average Bonchev–Trinajstić information content (AvgIpc) is 2.32. The third-order valence-corrected chi connectivity index (χ3v) is 2.26. The van der Waals surface area contributed by atoms with Crippen molar-refractivity contribution in [2.75, 3.05) is 13.1 Å². The molecule has 17 heavy (non-hydrogen) atoms. The van der Waals surface area contributed by atoms with Gasteiger partial charge in [-0.1, -0.05) is 16.7 Å². The number of halogens is 2. The molecule has 0 saturated carbocycles. The van der Waals surface area contributed by atoms with Crippen molar-refractivity contribution in [2.45, 2.75) is 6.42 Å². The summed E-state index contributed by atoms with van der Waals surface area (Å²) in [6, 6.07) is 3.75. The van der Waals surface area contributed by atoms with Crippen LogP contribution in [0.1, 0.15) is 16.8 Å². The van der Waals surface area contributed by atoms with Crippen molar-refractivity contribution in [2.24, 2.45) is 5.11 Å². The molecular formula is C10H10ClFN4O. The van der Waals surface area contributed by atoms with Gasteiger partial charge >= 0.3 is 0 Å². The van der Waals surface area contributed by atoms with Gasteiger partial charge in [-0.15, -0.1) is 0 Å². The van der Waals surface area contributed by atoms with Gasteiger partial charge in [-0.05, 0) is 30.2 Å². The van der Waals surface area contributed by atoms with Crippen LogP contribution in [0.25, 0.3) is 10.4 Å². The number of hydrogen-bond donors (Lipinski definition) is 1. The Labute approximate surface area is 102 Å². The number of benzene rings is 1. The van der Waals surface area contributed by atoms with Gasteiger partial charge in [0, 0.05) is 23.6 Å². The molecule has 5 nitrogen and oxygen atoms in total. The number of carbonyl (C=O) groups excluding carboxylic acids is 1. The zero-order valence-corrected chi connectivity index (χ0v) is 9.62. The summed E-state index contributed by atoms with van der Waals surface area (Å²) in [4.78, 5) is 14.1. The van der Waals surface area contributed by atoms with Gasteiger partial charge in [-0.25, -0.2) is 4.39 Å². The Balaban J connectivity index is 2.46. The third kappa shape index (κ3) is 4.30. The molecular weight excluding hydrogens is 247 g/mol. The summed E-state index contributed by atoms with van der Waals surface area (Å²) in [6.45, 7) is 0.702. The van der Waals surface area contributed by atoms with E-state index in [9.17, 15) is 9.18 Å². The lowest BCUT2D eigenvalue weighted by Gasteiger charge is -2.04. The summed E-state index contributed by atoms with van der Waals surface area (Å²) >= 11 is 5.55. The molecule has 90 valence electrons. The first-order chi connectivity index (χ1) is 8.15. The molecule has 0 spiro atoms. The number of nitrogens with one attached hydrogen (secondary N) is 1. The van der Waals surface area contributed by atoms with Crippen LogP contribution in [0.5, 0.6) is 0 Å². The fourth-order valence-corrected chi connectivity index (χ4v) is 1.32. The minimum Gasteiger partial charge on any atom is -0.352 e. The van der Waals surface area contributed by atoms with Crippen LogP contribution in [0, 0.1) is 5.82 Å². The third-order valence-electron chi connectivity index (χ3n) is 1.97. The van der Waals surface area contributed by atoms with E-state index in [0.717, 1.165) is 6.07 Å². The van der Waals surface area contributed by atoms with Gasteiger partial charge in [0.1, 0.15) is 5.82 Å². The first-order valence-corrected chi connectivity index (χ1v) is 5.27. The van der Waals surface area contributed by atoms with Crippen LogP contribution in [0.15, 0.2) is 23.3 Å². The first-order valence-electron chi connectivity index (χ1n) is 4.89. The van der Waals surface area contributed by atoms with Gasteiger partial charge in [0.25, 0.3) is 5.91 Å². The SMILES string of the molecule is [N-]=[N+]=NCCCNC(=O)c1ccc(F)c(Cl)c1. The van der Waals surface area contributed by atoms with Crippen molar-refractivity contribution in [3.63, 3.8) is 0 Å². The first kappa shape index (κ1) is 13.3. The van der Waals surface area contributed by atoms with Gasteiger partial charge in [0.2, 0.25) is 0 Å². The highest BCUT2D eigenvalue weighted by Gasteiger charge is 2.07. The molecule has 0 radical (unpaired) electrons. The minimum atomic E-state index is -0.563. The quantitative estimate of drug-likeness (QED) is 0.374. The maximum Gasteiger partial charge on any atom is 0.251 e. The topological polar surface area (TPSA) is 77.9 Å². The van der Waals surface area contributed by atoms with E-state index in [1.807, 2.05) is 0 Å². The van der Waals surface area contributed by atoms with Gasteiger partial charge in [0.05, 0.1) is 5.02 Å². The van der Waals surface area contributed by atoms with E-state index >= 15 is 0 Å². The van der Waals surface area contributed by atoms with Crippen LogP contribution >= 0.6 is 11.6 Å². The lowest BCUT2D eigenvalue weighted by Crippen LogP contribution is -2.24. The van der Waals surface area contributed by atoms with Crippen LogP contribution in [-0.4, -0.2) is 19.0 Å². The monoisotopic (exact) mass is 256 g/mol. The van der Waals surface area contributed by atoms with Crippen molar-refractivity contribution >= 4 is 17.5 Å². The molecule has 0 bridgehead atoms. The predicted molar refractivity (Wildman–Crippen MR) is 62.4 cm³/mol. The van der Waals surface area contributed by atoms with Crippen LogP contribution in [0.4, 0.5) is 4.39 Å². The molecule has 0 aliphatic rings. The van der Waals surface area contributed by atoms with Crippen LogP contribution in [0.2, 0.25) is 5.02 Å². The molecule has 0 aliphatic heterocycles. The van der Waals surface area contributed by atoms with E-state index in [-0.39, 0.29) is 10.9 Å². The Morgan fingerprint density at radius 1 is 1.59 bits per heavy atom. The van der Waals surface area contributed by atoms with Crippen molar-refractivity contribution in [3.8, 4) is 0 Å². The normalized spacial score (nSPS) is 9.53. The van der Waals surface area contributed by atoms with Crippen molar-refractivity contribution in [1.82, 2.24) is 5.32 Å². The summed E-state index contributed by atoms with van der Waals surface area (Å²) in [6.07, 6.45) is 0.546. The molecule has 1 aromatic carbocycles. The molecule has 1 aromatic rings. The van der Waals surface area contributed by atoms with E-state index in [4.69, 9.17) is 17.1 Å². The zero-order valence-electron chi connectivity index (χ0n) is 8.86. The highest BCUT2D eigenvalue weighted by Crippen LogP contribution is 2.15. The molecule has 1 amide bonds. The van der Waals surface area contributed by atoms with E-state index in [0.29, 0.717) is 25.1 Å². The Bertz CT molecular complexity index is 460. The number of azide groups is 1. The Morgan fingerprint density at radius 3 is 3.00 bits per heavy atom. The van der Waals surface area contributed by atoms with Crippen LogP contribution in [-0.2, 0) is 0 Å². The fourth-order valence-electron chi connectivity index (χ4n) is 1.14. The molecule has 7 heteroatoms. The number of hydrogen-bond acceptors (Lipinski definition) is 2. The van der Waals surface area contributed by atoms with E-state index in [1.54, 1.807) is 0 Å². The van der Waals surface area contributed by atoms with Crippen LogP contribution < -0.4 is 5.32 Å². The lowest BCUT2D eigenvalue weighted by molar-refractivity contribution is 0.0953. The summed E-state index contributed by atoms with van der Waals surface area (Å²) in [5.41, 5.74) is 8.32. The Kier molecular flexibility index (Phi) is 5.26. The summed E-state index contributed by atoms with van der Waals surface area (Å²) in [7, 11) is 0. The van der Waals surface area contributed by atoms with Crippen molar-refractivity contribution < 1.29 is 9.18 Å². The second-order valence-corrected chi connectivity index (χ2v) is 3.60. The number of amides is 1. The second-order valence-electron chi connectivity index (χ2n) is 3.19. The highest BCUT2D eigenvalue weighted by atomic mass is 35.5. The molecule has 0 aromatic heterocycles. The van der Waals surface area contributed by atoms with Crippen molar-refractivity contribution in [3.05, 3.63) is 45.0 Å². The number of rotatable bonds is 5. The number of nitrogens with zero attached hydrogens (tertiary/aromatic N) is 3. The van der Waals surface area contributed by atoms with Crippen LogP contribution in [0.3, 0.4) is 0 Å². The Hall–Kier alpha value is -1.78. The largest absolute Gasteiger partial charge is 0.352 e.